The van der Waals surface area contributed by atoms with Crippen molar-refractivity contribution in [2.24, 2.45) is 0 Å². The Morgan fingerprint density at radius 3 is 2.63 bits per heavy atom. The number of thiophene rings is 1. The highest BCUT2D eigenvalue weighted by atomic mass is 79.9. The van der Waals surface area contributed by atoms with Crippen LogP contribution in [-0.2, 0) is 13.0 Å². The van der Waals surface area contributed by atoms with Gasteiger partial charge in [-0.05, 0) is 36.1 Å². The average molecular weight is 335 g/mol. The summed E-state index contributed by atoms with van der Waals surface area (Å²) in [5.74, 6) is 0. The van der Waals surface area contributed by atoms with Crippen molar-refractivity contribution in [1.82, 2.24) is 5.32 Å². The third-order valence-electron chi connectivity index (χ3n) is 2.95. The fraction of sp³-hybridized carbons (Fsp3) is 0.267. The van der Waals surface area contributed by atoms with Crippen LogP contribution in [0.25, 0.3) is 0 Å². The van der Waals surface area contributed by atoms with Crippen LogP contribution < -0.4 is 5.32 Å². The molecule has 0 aliphatic carbocycles. The van der Waals surface area contributed by atoms with E-state index in [-0.39, 0.29) is 0 Å². The van der Waals surface area contributed by atoms with E-state index in [1.807, 2.05) is 37.3 Å². The fourth-order valence-corrected chi connectivity index (χ4v) is 2.76. The van der Waals surface area contributed by atoms with Crippen LogP contribution in [0.5, 0.6) is 0 Å². The smallest absolute Gasteiger partial charge is 0.108 e. The summed E-state index contributed by atoms with van der Waals surface area (Å²) in [4.78, 5) is 1.25. The maximum atomic E-state index is 9.41. The van der Waals surface area contributed by atoms with Gasteiger partial charge >= 0.3 is 0 Å². The Morgan fingerprint density at radius 2 is 2.05 bits per heavy atom. The topological polar surface area (TPSA) is 35.8 Å². The minimum Gasteiger partial charge on any atom is -0.294 e. The monoisotopic (exact) mass is 334 g/mol. The predicted octanol–water partition coefficient (Wildman–Crippen LogP) is 4.13. The molecule has 1 atom stereocenters. The van der Waals surface area contributed by atoms with Gasteiger partial charge in [-0.15, -0.1) is 11.3 Å². The molecule has 0 amide bonds. The molecule has 1 aromatic heterocycles. The van der Waals surface area contributed by atoms with Crippen molar-refractivity contribution in [2.75, 3.05) is 0 Å². The van der Waals surface area contributed by atoms with Crippen LogP contribution in [0.2, 0.25) is 0 Å². The largest absolute Gasteiger partial charge is 0.294 e. The van der Waals surface area contributed by atoms with Crippen LogP contribution in [0.1, 0.15) is 17.4 Å². The van der Waals surface area contributed by atoms with Gasteiger partial charge in [-0.1, -0.05) is 34.1 Å². The van der Waals surface area contributed by atoms with E-state index >= 15 is 0 Å². The summed E-state index contributed by atoms with van der Waals surface area (Å²) in [6.07, 6.45) is 0.697. The molecular weight excluding hydrogens is 320 g/mol. The summed E-state index contributed by atoms with van der Waals surface area (Å²) in [6.45, 7) is 2.68. The van der Waals surface area contributed by atoms with Gasteiger partial charge in [0.1, 0.15) is 5.54 Å². The molecule has 4 heteroatoms. The van der Waals surface area contributed by atoms with Crippen LogP contribution >= 0.6 is 27.3 Å². The standard InChI is InChI=1S/C15H15BrN2S/c1-15(11-17,18-10-14-3-2-8-19-14)9-12-4-6-13(16)7-5-12/h2-8,18H,9-10H2,1H3. The van der Waals surface area contributed by atoms with Gasteiger partial charge in [0, 0.05) is 22.3 Å². The predicted molar refractivity (Wildman–Crippen MR) is 83.0 cm³/mol. The molecule has 2 nitrogen and oxygen atoms in total. The van der Waals surface area contributed by atoms with E-state index in [1.54, 1.807) is 11.3 Å². The van der Waals surface area contributed by atoms with Gasteiger partial charge in [-0.2, -0.15) is 5.26 Å². The zero-order valence-electron chi connectivity index (χ0n) is 10.7. The number of hydrogen-bond donors (Lipinski definition) is 1. The lowest BCUT2D eigenvalue weighted by molar-refractivity contribution is 0.445. The molecule has 1 N–H and O–H groups in total. The first-order chi connectivity index (χ1) is 9.11. The second kappa shape index (κ2) is 6.33. The number of benzene rings is 1. The van der Waals surface area contributed by atoms with E-state index in [1.165, 1.54) is 4.88 Å². The summed E-state index contributed by atoms with van der Waals surface area (Å²) >= 11 is 5.12. The van der Waals surface area contributed by atoms with Gasteiger partial charge in [-0.25, -0.2) is 0 Å². The quantitative estimate of drug-likeness (QED) is 0.892. The molecule has 1 heterocycles. The summed E-state index contributed by atoms with van der Waals surface area (Å²) < 4.78 is 1.06. The fourth-order valence-electron chi connectivity index (χ4n) is 1.85. The van der Waals surface area contributed by atoms with Gasteiger partial charge in [0.15, 0.2) is 0 Å². The molecule has 1 unspecified atom stereocenters. The first-order valence-corrected chi connectivity index (χ1v) is 7.72. The summed E-state index contributed by atoms with van der Waals surface area (Å²) in [5.41, 5.74) is 0.614. The Bertz CT molecular complexity index is 557. The Balaban J connectivity index is 2.01. The Labute approximate surface area is 126 Å². The summed E-state index contributed by atoms with van der Waals surface area (Å²) in [6, 6.07) is 14.6. The van der Waals surface area contributed by atoms with Crippen molar-refractivity contribution in [3.63, 3.8) is 0 Å². The van der Waals surface area contributed by atoms with Crippen molar-refractivity contribution in [2.45, 2.75) is 25.4 Å². The van der Waals surface area contributed by atoms with E-state index in [4.69, 9.17) is 0 Å². The minimum atomic E-state index is -0.544. The Morgan fingerprint density at radius 1 is 1.32 bits per heavy atom. The van der Waals surface area contributed by atoms with E-state index in [0.29, 0.717) is 6.42 Å². The van der Waals surface area contributed by atoms with Crippen molar-refractivity contribution in [3.8, 4) is 6.07 Å². The lowest BCUT2D eigenvalue weighted by Gasteiger charge is -2.23. The van der Waals surface area contributed by atoms with Gasteiger partial charge in [0.25, 0.3) is 0 Å². The van der Waals surface area contributed by atoms with Crippen LogP contribution in [0, 0.1) is 11.3 Å². The number of rotatable bonds is 5. The summed E-state index contributed by atoms with van der Waals surface area (Å²) in [5, 5.41) is 14.8. The van der Waals surface area contributed by atoms with Crippen LogP contribution in [0.3, 0.4) is 0 Å². The van der Waals surface area contributed by atoms with Crippen molar-refractivity contribution >= 4 is 27.3 Å². The van der Waals surface area contributed by atoms with E-state index < -0.39 is 5.54 Å². The number of hydrogen-bond acceptors (Lipinski definition) is 3. The van der Waals surface area contributed by atoms with E-state index in [0.717, 1.165) is 16.6 Å². The Hall–Kier alpha value is -1.15. The molecule has 0 saturated heterocycles. The zero-order chi connectivity index (χ0) is 13.7. The molecule has 0 spiro atoms. The molecule has 2 aromatic rings. The Kier molecular flexibility index (Phi) is 4.76. The first-order valence-electron chi connectivity index (χ1n) is 6.04. The average Bonchev–Trinajstić information content (AvgIpc) is 2.93. The maximum Gasteiger partial charge on any atom is 0.108 e. The highest BCUT2D eigenvalue weighted by Crippen LogP contribution is 2.17. The lowest BCUT2D eigenvalue weighted by atomic mass is 9.94. The molecular formula is C15H15BrN2S. The number of halogens is 1. The SMILES string of the molecule is CC(C#N)(Cc1ccc(Br)cc1)NCc1cccs1. The molecule has 0 bridgehead atoms. The maximum absolute atomic E-state index is 9.41. The lowest BCUT2D eigenvalue weighted by Crippen LogP contribution is -2.42. The minimum absolute atomic E-state index is 0.544. The highest BCUT2D eigenvalue weighted by Gasteiger charge is 2.23. The summed E-state index contributed by atoms with van der Waals surface area (Å²) in [7, 11) is 0. The van der Waals surface area contributed by atoms with Gasteiger partial charge in [0.2, 0.25) is 0 Å². The van der Waals surface area contributed by atoms with Crippen LogP contribution in [0.15, 0.2) is 46.3 Å². The van der Waals surface area contributed by atoms with Crippen LogP contribution in [-0.4, -0.2) is 5.54 Å². The van der Waals surface area contributed by atoms with Crippen molar-refractivity contribution in [1.29, 1.82) is 5.26 Å². The first kappa shape index (κ1) is 14.3. The molecule has 2 rings (SSSR count). The van der Waals surface area contributed by atoms with E-state index in [9.17, 15) is 5.26 Å². The highest BCUT2D eigenvalue weighted by molar-refractivity contribution is 9.10. The molecule has 98 valence electrons. The molecule has 19 heavy (non-hydrogen) atoms. The van der Waals surface area contributed by atoms with Crippen molar-refractivity contribution < 1.29 is 0 Å². The third-order valence-corrected chi connectivity index (χ3v) is 4.36. The zero-order valence-corrected chi connectivity index (χ0v) is 13.1. The van der Waals surface area contributed by atoms with E-state index in [2.05, 4.69) is 38.8 Å². The molecule has 0 saturated carbocycles. The molecule has 0 fully saturated rings. The van der Waals surface area contributed by atoms with Crippen LogP contribution in [0.4, 0.5) is 0 Å². The van der Waals surface area contributed by atoms with Gasteiger partial charge in [-0.3, -0.25) is 5.32 Å². The van der Waals surface area contributed by atoms with Gasteiger partial charge in [0.05, 0.1) is 6.07 Å². The number of nitrogens with one attached hydrogen (secondary N) is 1. The third kappa shape index (κ3) is 4.17. The molecule has 0 radical (unpaired) electrons. The number of nitriles is 1. The molecule has 0 aliphatic heterocycles. The van der Waals surface area contributed by atoms with Crippen molar-refractivity contribution in [3.05, 3.63) is 56.7 Å². The normalized spacial score (nSPS) is 13.7. The van der Waals surface area contributed by atoms with Gasteiger partial charge < -0.3 is 0 Å². The molecule has 1 aromatic carbocycles. The second-order valence-corrected chi connectivity index (χ2v) is 6.63. The second-order valence-electron chi connectivity index (χ2n) is 4.68. The molecule has 0 aliphatic rings. The number of nitrogens with zero attached hydrogens (tertiary/aromatic N) is 1.